The number of morpholine rings is 1. The van der Waals surface area contributed by atoms with E-state index in [4.69, 9.17) is 9.47 Å². The van der Waals surface area contributed by atoms with E-state index < -0.39 is 29.4 Å². The minimum Gasteiger partial charge on any atom is -0.379 e. The van der Waals surface area contributed by atoms with Gasteiger partial charge in [-0.05, 0) is 24.6 Å². The molecular weight excluding hydrogens is 389 g/mol. The molecule has 160 valence electrons. The predicted molar refractivity (Wildman–Crippen MR) is 107 cm³/mol. The average molecular weight is 415 g/mol. The van der Waals surface area contributed by atoms with Gasteiger partial charge in [0, 0.05) is 31.9 Å². The summed E-state index contributed by atoms with van der Waals surface area (Å²) in [7, 11) is 0. The van der Waals surface area contributed by atoms with Crippen molar-refractivity contribution in [3.05, 3.63) is 42.2 Å². The molecule has 1 aromatic rings. The predicted octanol–water partition coefficient (Wildman–Crippen LogP) is 1.27. The summed E-state index contributed by atoms with van der Waals surface area (Å²) in [6.45, 7) is 5.43. The Morgan fingerprint density at radius 1 is 1.27 bits per heavy atom. The highest BCUT2D eigenvalue weighted by Gasteiger charge is 2.66. The van der Waals surface area contributed by atoms with E-state index in [9.17, 15) is 14.0 Å². The highest BCUT2D eigenvalue weighted by atomic mass is 19.1. The van der Waals surface area contributed by atoms with Crippen molar-refractivity contribution in [1.29, 1.82) is 0 Å². The van der Waals surface area contributed by atoms with Crippen molar-refractivity contribution in [2.75, 3.05) is 51.3 Å². The fraction of sp³-hybridized carbons (Fsp3) is 0.545. The Labute approximate surface area is 174 Å². The van der Waals surface area contributed by atoms with Crippen molar-refractivity contribution in [3.63, 3.8) is 0 Å². The van der Waals surface area contributed by atoms with Gasteiger partial charge >= 0.3 is 0 Å². The molecule has 4 atom stereocenters. The fourth-order valence-corrected chi connectivity index (χ4v) is 5.17. The Kier molecular flexibility index (Phi) is 5.08. The van der Waals surface area contributed by atoms with Gasteiger partial charge in [0.1, 0.15) is 11.4 Å². The second kappa shape index (κ2) is 7.76. The maximum absolute atomic E-state index is 13.5. The number of amides is 2. The van der Waals surface area contributed by atoms with E-state index in [1.54, 1.807) is 12.1 Å². The van der Waals surface area contributed by atoms with Gasteiger partial charge in [0.05, 0.1) is 37.7 Å². The average Bonchev–Trinajstić information content (AvgIpc) is 3.37. The lowest BCUT2D eigenvalue weighted by molar-refractivity contribution is -0.135. The van der Waals surface area contributed by atoms with Crippen LogP contribution in [-0.2, 0) is 19.1 Å². The second-order valence-electron chi connectivity index (χ2n) is 8.47. The zero-order valence-corrected chi connectivity index (χ0v) is 16.8. The van der Waals surface area contributed by atoms with Crippen molar-refractivity contribution in [2.45, 2.75) is 18.1 Å². The molecule has 2 bridgehead atoms. The number of halogens is 1. The summed E-state index contributed by atoms with van der Waals surface area (Å²) < 4.78 is 25.0. The lowest BCUT2D eigenvalue weighted by Crippen LogP contribution is -2.41. The minimum atomic E-state index is -0.718. The molecule has 2 amide bonds. The third kappa shape index (κ3) is 3.42. The normalized spacial score (nSPS) is 32.6. The lowest BCUT2D eigenvalue weighted by Gasteiger charge is -2.27. The molecule has 4 aliphatic rings. The third-order valence-corrected chi connectivity index (χ3v) is 6.58. The van der Waals surface area contributed by atoms with E-state index in [0.717, 1.165) is 39.3 Å². The van der Waals surface area contributed by atoms with Crippen molar-refractivity contribution >= 4 is 17.5 Å². The van der Waals surface area contributed by atoms with Crippen LogP contribution in [0.15, 0.2) is 36.4 Å². The first kappa shape index (κ1) is 19.7. The van der Waals surface area contributed by atoms with Crippen molar-refractivity contribution in [3.8, 4) is 0 Å². The Morgan fingerprint density at radius 3 is 2.90 bits per heavy atom. The van der Waals surface area contributed by atoms with Gasteiger partial charge in [-0.1, -0.05) is 18.2 Å². The lowest BCUT2D eigenvalue weighted by atomic mass is 9.77. The monoisotopic (exact) mass is 415 g/mol. The Bertz CT molecular complexity index is 872. The molecule has 8 heteroatoms. The highest BCUT2D eigenvalue weighted by Crippen LogP contribution is 2.52. The maximum atomic E-state index is 13.5. The standard InChI is InChI=1S/C22H26FN3O4/c23-15-3-1-4-16(13-15)24-20(27)18-17-5-6-22(30-17)14-26(21(28)19(18)22)8-2-7-25-9-11-29-12-10-25/h1,3-6,13,17-19H,2,7-12,14H2,(H,24,27)/t17?,18-,19+,22?/m1/s1. The summed E-state index contributed by atoms with van der Waals surface area (Å²) in [5.74, 6) is -1.87. The molecule has 5 rings (SSSR count). The SMILES string of the molecule is O=C(Nc1cccc(F)c1)[C@@H]1C2C=CC3(CN(CCCN4CCOCC4)C(=O)[C@H]13)O2. The zero-order chi connectivity index (χ0) is 20.7. The van der Waals surface area contributed by atoms with Crippen molar-refractivity contribution < 1.29 is 23.5 Å². The number of benzene rings is 1. The largest absolute Gasteiger partial charge is 0.379 e. The summed E-state index contributed by atoms with van der Waals surface area (Å²) in [4.78, 5) is 30.4. The molecule has 3 fully saturated rings. The van der Waals surface area contributed by atoms with Gasteiger partial charge in [0.2, 0.25) is 11.8 Å². The van der Waals surface area contributed by atoms with E-state index >= 15 is 0 Å². The summed E-state index contributed by atoms with van der Waals surface area (Å²) in [5, 5.41) is 2.76. The maximum Gasteiger partial charge on any atom is 0.231 e. The number of anilines is 1. The van der Waals surface area contributed by atoms with Crippen LogP contribution in [0.25, 0.3) is 0 Å². The van der Waals surface area contributed by atoms with Gasteiger partial charge in [-0.3, -0.25) is 14.5 Å². The van der Waals surface area contributed by atoms with Crippen LogP contribution in [0.5, 0.6) is 0 Å². The number of likely N-dealkylation sites (tertiary alicyclic amines) is 1. The molecule has 1 spiro atoms. The Balaban J connectivity index is 1.24. The van der Waals surface area contributed by atoms with Crippen LogP contribution in [0.3, 0.4) is 0 Å². The van der Waals surface area contributed by atoms with Crippen LogP contribution in [0.4, 0.5) is 10.1 Å². The Hall–Kier alpha value is -2.29. The van der Waals surface area contributed by atoms with Crippen LogP contribution >= 0.6 is 0 Å². The fourth-order valence-electron chi connectivity index (χ4n) is 5.17. The molecule has 4 heterocycles. The molecule has 0 saturated carbocycles. The number of carbonyl (C=O) groups excluding carboxylic acids is 2. The van der Waals surface area contributed by atoms with Gasteiger partial charge in [-0.2, -0.15) is 0 Å². The molecule has 0 aliphatic carbocycles. The number of nitrogens with one attached hydrogen (secondary N) is 1. The molecule has 1 aromatic carbocycles. The van der Waals surface area contributed by atoms with E-state index in [2.05, 4.69) is 10.2 Å². The van der Waals surface area contributed by atoms with Crippen molar-refractivity contribution in [1.82, 2.24) is 9.80 Å². The van der Waals surface area contributed by atoms with Crippen LogP contribution in [-0.4, -0.2) is 79.3 Å². The van der Waals surface area contributed by atoms with Gasteiger partial charge in [-0.15, -0.1) is 0 Å². The number of hydrogen-bond acceptors (Lipinski definition) is 5. The topological polar surface area (TPSA) is 71.1 Å². The molecule has 0 aromatic heterocycles. The number of carbonyl (C=O) groups is 2. The summed E-state index contributed by atoms with van der Waals surface area (Å²) in [6, 6.07) is 5.77. The highest BCUT2D eigenvalue weighted by molar-refractivity contribution is 5.99. The first-order valence-corrected chi connectivity index (χ1v) is 10.6. The van der Waals surface area contributed by atoms with E-state index in [1.807, 2.05) is 17.1 Å². The van der Waals surface area contributed by atoms with E-state index in [1.165, 1.54) is 12.1 Å². The third-order valence-electron chi connectivity index (χ3n) is 6.58. The number of hydrogen-bond donors (Lipinski definition) is 1. The van der Waals surface area contributed by atoms with Crippen LogP contribution in [0, 0.1) is 17.7 Å². The number of rotatable bonds is 6. The molecule has 2 unspecified atom stereocenters. The molecule has 3 saturated heterocycles. The molecular formula is C22H26FN3O4. The molecule has 0 radical (unpaired) electrons. The van der Waals surface area contributed by atoms with E-state index in [-0.39, 0.29) is 11.8 Å². The molecule has 7 nitrogen and oxygen atoms in total. The number of fused-ring (bicyclic) bond motifs is 1. The smallest absolute Gasteiger partial charge is 0.231 e. The van der Waals surface area contributed by atoms with Gasteiger partial charge in [0.15, 0.2) is 0 Å². The van der Waals surface area contributed by atoms with Crippen molar-refractivity contribution in [2.24, 2.45) is 11.8 Å². The van der Waals surface area contributed by atoms with Gasteiger partial charge < -0.3 is 19.7 Å². The van der Waals surface area contributed by atoms with Crippen LogP contribution < -0.4 is 5.32 Å². The number of nitrogens with zero attached hydrogens (tertiary/aromatic N) is 2. The van der Waals surface area contributed by atoms with Gasteiger partial charge in [-0.25, -0.2) is 4.39 Å². The Morgan fingerprint density at radius 2 is 2.10 bits per heavy atom. The first-order chi connectivity index (χ1) is 14.6. The summed E-state index contributed by atoms with van der Waals surface area (Å²) >= 11 is 0. The zero-order valence-electron chi connectivity index (χ0n) is 16.8. The number of ether oxygens (including phenoxy) is 2. The molecule has 4 aliphatic heterocycles. The minimum absolute atomic E-state index is 0.0248. The van der Waals surface area contributed by atoms with E-state index in [0.29, 0.717) is 18.8 Å². The molecule has 1 N–H and O–H groups in total. The quantitative estimate of drug-likeness (QED) is 0.709. The summed E-state index contributed by atoms with van der Waals surface area (Å²) in [5.41, 5.74) is -0.335. The first-order valence-electron chi connectivity index (χ1n) is 10.6. The molecule has 30 heavy (non-hydrogen) atoms. The van der Waals surface area contributed by atoms with Gasteiger partial charge in [0.25, 0.3) is 0 Å². The summed E-state index contributed by atoms with van der Waals surface area (Å²) in [6.07, 6.45) is 4.30. The van der Waals surface area contributed by atoms with Crippen LogP contribution in [0.2, 0.25) is 0 Å². The second-order valence-corrected chi connectivity index (χ2v) is 8.47. The van der Waals surface area contributed by atoms with Crippen LogP contribution in [0.1, 0.15) is 6.42 Å².